The molecule has 0 aromatic rings. The number of thioether (sulfide) groups is 1. The van der Waals surface area contributed by atoms with Crippen molar-refractivity contribution in [2.24, 2.45) is 11.7 Å². The number of hydrogen-bond acceptors (Lipinski definition) is 3. The first-order valence-corrected chi connectivity index (χ1v) is 6.70. The first kappa shape index (κ1) is 12.9. The second-order valence-electron chi connectivity index (χ2n) is 5.49. The molecule has 0 amide bonds. The summed E-state index contributed by atoms with van der Waals surface area (Å²) in [5.41, 5.74) is 5.55. The van der Waals surface area contributed by atoms with Crippen LogP contribution in [-0.2, 0) is 0 Å². The molecule has 2 unspecified atom stereocenters. The van der Waals surface area contributed by atoms with Gasteiger partial charge in [0.2, 0.25) is 0 Å². The van der Waals surface area contributed by atoms with E-state index in [9.17, 15) is 0 Å². The molecule has 2 nitrogen and oxygen atoms in total. The van der Waals surface area contributed by atoms with Crippen molar-refractivity contribution in [3.05, 3.63) is 0 Å². The smallest absolute Gasteiger partial charge is 0.107 e. The number of hydrogen-bond donors (Lipinski definition) is 1. The fraction of sp³-hybridized carbons (Fsp3) is 0.917. The lowest BCUT2D eigenvalue weighted by atomic mass is 9.88. The number of nitriles is 1. The minimum Gasteiger partial charge on any atom is -0.313 e. The SMILES string of the molecule is CC(C)(C)SCCC1CCCC1(N)C#N. The molecule has 0 aromatic heterocycles. The Balaban J connectivity index is 2.37. The Labute approximate surface area is 97.6 Å². The van der Waals surface area contributed by atoms with E-state index in [1.807, 2.05) is 11.8 Å². The van der Waals surface area contributed by atoms with Gasteiger partial charge >= 0.3 is 0 Å². The first-order chi connectivity index (χ1) is 6.87. The predicted octanol–water partition coefficient (Wildman–Crippen LogP) is 2.93. The van der Waals surface area contributed by atoms with Crippen molar-refractivity contribution in [2.75, 3.05) is 5.75 Å². The maximum Gasteiger partial charge on any atom is 0.107 e. The lowest BCUT2D eigenvalue weighted by molar-refractivity contribution is 0.389. The maximum atomic E-state index is 9.07. The van der Waals surface area contributed by atoms with Gasteiger partial charge in [-0.3, -0.25) is 0 Å². The summed E-state index contributed by atoms with van der Waals surface area (Å²) in [4.78, 5) is 0. The molecule has 0 spiro atoms. The van der Waals surface area contributed by atoms with Crippen LogP contribution in [0.25, 0.3) is 0 Å². The molecule has 1 saturated carbocycles. The topological polar surface area (TPSA) is 49.8 Å². The quantitative estimate of drug-likeness (QED) is 0.805. The highest BCUT2D eigenvalue weighted by Gasteiger charge is 2.39. The Morgan fingerprint density at radius 2 is 2.20 bits per heavy atom. The van der Waals surface area contributed by atoms with Crippen LogP contribution in [0, 0.1) is 17.2 Å². The van der Waals surface area contributed by atoms with Crippen molar-refractivity contribution in [3.63, 3.8) is 0 Å². The zero-order valence-corrected chi connectivity index (χ0v) is 10.9. The average Bonchev–Trinajstić information content (AvgIpc) is 2.47. The van der Waals surface area contributed by atoms with Gasteiger partial charge in [-0.05, 0) is 30.9 Å². The molecule has 0 aliphatic heterocycles. The van der Waals surface area contributed by atoms with Crippen LogP contribution in [0.3, 0.4) is 0 Å². The van der Waals surface area contributed by atoms with Crippen LogP contribution in [0.2, 0.25) is 0 Å². The molecule has 1 fully saturated rings. The molecule has 0 saturated heterocycles. The van der Waals surface area contributed by atoms with Crippen molar-refractivity contribution in [1.29, 1.82) is 5.26 Å². The monoisotopic (exact) mass is 226 g/mol. The highest BCUT2D eigenvalue weighted by molar-refractivity contribution is 8.00. The Morgan fingerprint density at radius 1 is 1.53 bits per heavy atom. The summed E-state index contributed by atoms with van der Waals surface area (Å²) in [5, 5.41) is 9.07. The standard InChI is InChI=1S/C12H22N2S/c1-11(2,3)15-8-6-10-5-4-7-12(10,14)9-13/h10H,4-8,14H2,1-3H3. The van der Waals surface area contributed by atoms with Gasteiger partial charge < -0.3 is 5.73 Å². The number of rotatable bonds is 3. The molecule has 1 rings (SSSR count). The fourth-order valence-electron chi connectivity index (χ4n) is 2.16. The third-order valence-electron chi connectivity index (χ3n) is 3.08. The van der Waals surface area contributed by atoms with Gasteiger partial charge in [-0.1, -0.05) is 27.2 Å². The second kappa shape index (κ2) is 4.76. The molecule has 1 aliphatic rings. The second-order valence-corrected chi connectivity index (χ2v) is 7.41. The summed E-state index contributed by atoms with van der Waals surface area (Å²) in [5.74, 6) is 1.53. The van der Waals surface area contributed by atoms with E-state index in [-0.39, 0.29) is 0 Å². The molecular formula is C12H22N2S. The van der Waals surface area contributed by atoms with Gasteiger partial charge in [0.1, 0.15) is 5.54 Å². The van der Waals surface area contributed by atoms with Crippen molar-refractivity contribution >= 4 is 11.8 Å². The zero-order chi connectivity index (χ0) is 11.5. The largest absolute Gasteiger partial charge is 0.313 e. The third-order valence-corrected chi connectivity index (χ3v) is 4.39. The van der Waals surface area contributed by atoms with E-state index < -0.39 is 5.54 Å². The van der Waals surface area contributed by atoms with E-state index in [1.54, 1.807) is 0 Å². The highest BCUT2D eigenvalue weighted by atomic mass is 32.2. The van der Waals surface area contributed by atoms with Crippen LogP contribution in [0.5, 0.6) is 0 Å². The molecule has 0 bridgehead atoms. The molecule has 2 N–H and O–H groups in total. The van der Waals surface area contributed by atoms with E-state index in [1.165, 1.54) is 0 Å². The van der Waals surface area contributed by atoms with Gasteiger partial charge in [-0.2, -0.15) is 17.0 Å². The van der Waals surface area contributed by atoms with Crippen LogP contribution >= 0.6 is 11.8 Å². The van der Waals surface area contributed by atoms with E-state index in [0.717, 1.165) is 31.4 Å². The minimum absolute atomic E-state index is 0.322. The van der Waals surface area contributed by atoms with Crippen LogP contribution in [-0.4, -0.2) is 16.0 Å². The van der Waals surface area contributed by atoms with Gasteiger partial charge in [0.25, 0.3) is 0 Å². The zero-order valence-electron chi connectivity index (χ0n) is 10.0. The Hall–Kier alpha value is -0.200. The third kappa shape index (κ3) is 3.70. The van der Waals surface area contributed by atoms with Gasteiger partial charge in [0, 0.05) is 4.75 Å². The molecule has 2 atom stereocenters. The maximum absolute atomic E-state index is 9.07. The van der Waals surface area contributed by atoms with Gasteiger partial charge in [0.15, 0.2) is 0 Å². The molecule has 0 heterocycles. The summed E-state index contributed by atoms with van der Waals surface area (Å²) in [6, 6.07) is 2.31. The molecule has 86 valence electrons. The van der Waals surface area contributed by atoms with E-state index in [2.05, 4.69) is 26.8 Å². The molecule has 3 heteroatoms. The Bertz CT molecular complexity index is 251. The first-order valence-electron chi connectivity index (χ1n) is 5.71. The summed E-state index contributed by atoms with van der Waals surface area (Å²) >= 11 is 1.97. The molecular weight excluding hydrogens is 204 g/mol. The van der Waals surface area contributed by atoms with E-state index in [0.29, 0.717) is 10.7 Å². The predicted molar refractivity (Wildman–Crippen MR) is 66.7 cm³/mol. The fourth-order valence-corrected chi connectivity index (χ4v) is 3.17. The molecule has 0 radical (unpaired) electrons. The van der Waals surface area contributed by atoms with Gasteiger partial charge in [0.05, 0.1) is 6.07 Å². The van der Waals surface area contributed by atoms with Crippen molar-refractivity contribution < 1.29 is 0 Å². The summed E-state index contributed by atoms with van der Waals surface area (Å²) in [6.07, 6.45) is 4.23. The van der Waals surface area contributed by atoms with Crippen molar-refractivity contribution in [3.8, 4) is 6.07 Å². The van der Waals surface area contributed by atoms with Crippen LogP contribution < -0.4 is 5.73 Å². The summed E-state index contributed by atoms with van der Waals surface area (Å²) < 4.78 is 0.322. The van der Waals surface area contributed by atoms with Gasteiger partial charge in [-0.25, -0.2) is 0 Å². The van der Waals surface area contributed by atoms with Crippen LogP contribution in [0.4, 0.5) is 0 Å². The molecule has 0 aromatic carbocycles. The molecule has 15 heavy (non-hydrogen) atoms. The normalized spacial score (nSPS) is 31.5. The van der Waals surface area contributed by atoms with Gasteiger partial charge in [-0.15, -0.1) is 0 Å². The van der Waals surface area contributed by atoms with Crippen molar-refractivity contribution in [2.45, 2.75) is 56.7 Å². The lowest BCUT2D eigenvalue weighted by Gasteiger charge is -2.25. The number of nitrogens with two attached hydrogens (primary N) is 1. The lowest BCUT2D eigenvalue weighted by Crippen LogP contribution is -2.42. The number of nitrogens with zero attached hydrogens (tertiary/aromatic N) is 1. The average molecular weight is 226 g/mol. The van der Waals surface area contributed by atoms with Crippen LogP contribution in [0.15, 0.2) is 0 Å². The van der Waals surface area contributed by atoms with E-state index in [4.69, 9.17) is 11.0 Å². The summed E-state index contributed by atoms with van der Waals surface area (Å²) in [6.45, 7) is 6.69. The Morgan fingerprint density at radius 3 is 2.73 bits per heavy atom. The Kier molecular flexibility index (Phi) is 4.08. The van der Waals surface area contributed by atoms with E-state index >= 15 is 0 Å². The van der Waals surface area contributed by atoms with Crippen molar-refractivity contribution in [1.82, 2.24) is 0 Å². The molecule has 1 aliphatic carbocycles. The highest BCUT2D eigenvalue weighted by Crippen LogP contribution is 2.37. The minimum atomic E-state index is -0.529. The van der Waals surface area contributed by atoms with Crippen LogP contribution in [0.1, 0.15) is 46.5 Å². The summed E-state index contributed by atoms with van der Waals surface area (Å²) in [7, 11) is 0.